The lowest BCUT2D eigenvalue weighted by molar-refractivity contribution is -0.139. The van der Waals surface area contributed by atoms with Gasteiger partial charge in [-0.25, -0.2) is 8.42 Å². The van der Waals surface area contributed by atoms with Crippen LogP contribution >= 0.6 is 0 Å². The summed E-state index contributed by atoms with van der Waals surface area (Å²) in [5.41, 5.74) is 3.23. The second-order valence-electron chi connectivity index (χ2n) is 10.7. The third-order valence-electron chi connectivity index (χ3n) is 7.46. The number of nitrogens with one attached hydrogen (secondary N) is 1. The molecule has 0 saturated heterocycles. The highest BCUT2D eigenvalue weighted by atomic mass is 32.2. The van der Waals surface area contributed by atoms with Crippen molar-refractivity contribution >= 4 is 27.5 Å². The van der Waals surface area contributed by atoms with E-state index in [0.717, 1.165) is 42.4 Å². The zero-order chi connectivity index (χ0) is 28.7. The fraction of sp³-hybridized carbons (Fsp3) is 0.375. The van der Waals surface area contributed by atoms with Crippen LogP contribution in [-0.2, 0) is 26.0 Å². The normalized spacial score (nSPS) is 14.5. The maximum Gasteiger partial charge on any atom is 0.264 e. The largest absolute Gasteiger partial charge is 0.352 e. The van der Waals surface area contributed by atoms with E-state index < -0.39 is 28.5 Å². The molecule has 8 heteroatoms. The summed E-state index contributed by atoms with van der Waals surface area (Å²) in [6, 6.07) is 22.8. The number of rotatable bonds is 11. The van der Waals surface area contributed by atoms with Crippen LogP contribution in [-0.4, -0.2) is 50.3 Å². The van der Waals surface area contributed by atoms with Crippen molar-refractivity contribution in [1.82, 2.24) is 10.2 Å². The Morgan fingerprint density at radius 1 is 0.900 bits per heavy atom. The highest BCUT2D eigenvalue weighted by molar-refractivity contribution is 7.92. The highest BCUT2D eigenvalue weighted by Crippen LogP contribution is 2.26. The lowest BCUT2D eigenvalue weighted by Gasteiger charge is -2.32. The summed E-state index contributed by atoms with van der Waals surface area (Å²) in [7, 11) is -4.06. The maximum absolute atomic E-state index is 14.0. The second kappa shape index (κ2) is 13.1. The van der Waals surface area contributed by atoms with E-state index in [-0.39, 0.29) is 23.4 Å². The molecule has 0 bridgehead atoms. The summed E-state index contributed by atoms with van der Waals surface area (Å²) >= 11 is 0. The topological polar surface area (TPSA) is 86.8 Å². The van der Waals surface area contributed by atoms with Crippen molar-refractivity contribution < 1.29 is 18.0 Å². The van der Waals surface area contributed by atoms with Crippen LogP contribution in [0.2, 0.25) is 0 Å². The van der Waals surface area contributed by atoms with E-state index in [1.54, 1.807) is 37.3 Å². The van der Waals surface area contributed by atoms with Crippen LogP contribution < -0.4 is 9.62 Å². The molecular weight excluding hydrogens is 522 g/mol. The molecule has 0 radical (unpaired) electrons. The average molecular weight is 562 g/mol. The molecule has 1 saturated carbocycles. The Hall–Kier alpha value is -3.65. The first-order valence-electron chi connectivity index (χ1n) is 13.9. The summed E-state index contributed by atoms with van der Waals surface area (Å²) in [6.07, 6.45) is 4.58. The van der Waals surface area contributed by atoms with E-state index in [1.807, 2.05) is 50.2 Å². The van der Waals surface area contributed by atoms with Gasteiger partial charge in [0.2, 0.25) is 11.8 Å². The van der Waals surface area contributed by atoms with Crippen molar-refractivity contribution in [3.63, 3.8) is 0 Å². The second-order valence-corrected chi connectivity index (χ2v) is 12.5. The van der Waals surface area contributed by atoms with Crippen molar-refractivity contribution in [1.29, 1.82) is 0 Å². The molecule has 0 heterocycles. The predicted molar refractivity (Wildman–Crippen MR) is 159 cm³/mol. The highest BCUT2D eigenvalue weighted by Gasteiger charge is 2.33. The first-order valence-corrected chi connectivity index (χ1v) is 15.4. The number of amides is 2. The average Bonchev–Trinajstić information content (AvgIpc) is 3.45. The van der Waals surface area contributed by atoms with E-state index >= 15 is 0 Å². The van der Waals surface area contributed by atoms with Crippen molar-refractivity contribution in [2.75, 3.05) is 17.4 Å². The number of hydrogen-bond donors (Lipinski definition) is 1. The molecule has 0 aliphatic heterocycles. The lowest BCUT2D eigenvalue weighted by atomic mass is 10.1. The third kappa shape index (κ3) is 7.30. The van der Waals surface area contributed by atoms with Gasteiger partial charge in [0.1, 0.15) is 12.6 Å². The fourth-order valence-electron chi connectivity index (χ4n) is 5.31. The molecule has 0 spiro atoms. The first-order chi connectivity index (χ1) is 19.1. The molecule has 3 aromatic carbocycles. The molecule has 2 amide bonds. The summed E-state index contributed by atoms with van der Waals surface area (Å²) in [4.78, 5) is 28.9. The zero-order valence-corrected chi connectivity index (χ0v) is 24.4. The Kier molecular flexibility index (Phi) is 9.63. The zero-order valence-electron chi connectivity index (χ0n) is 23.5. The van der Waals surface area contributed by atoms with Gasteiger partial charge in [-0.05, 0) is 81.0 Å². The Labute approximate surface area is 238 Å². The van der Waals surface area contributed by atoms with E-state index in [9.17, 15) is 18.0 Å². The van der Waals surface area contributed by atoms with E-state index in [2.05, 4.69) is 5.32 Å². The molecule has 7 nitrogen and oxygen atoms in total. The van der Waals surface area contributed by atoms with Gasteiger partial charge >= 0.3 is 0 Å². The Balaban J connectivity index is 1.66. The number of anilines is 1. The van der Waals surface area contributed by atoms with Crippen LogP contribution in [0.25, 0.3) is 0 Å². The van der Waals surface area contributed by atoms with Crippen LogP contribution in [0.1, 0.15) is 49.3 Å². The molecule has 3 aromatic rings. The monoisotopic (exact) mass is 561 g/mol. The molecule has 212 valence electrons. The lowest BCUT2D eigenvalue weighted by Crippen LogP contribution is -2.53. The Morgan fingerprint density at radius 3 is 2.08 bits per heavy atom. The van der Waals surface area contributed by atoms with Gasteiger partial charge in [0.15, 0.2) is 0 Å². The molecule has 1 fully saturated rings. The predicted octanol–water partition coefficient (Wildman–Crippen LogP) is 5.02. The van der Waals surface area contributed by atoms with Gasteiger partial charge in [-0.2, -0.15) is 0 Å². The molecular formula is C32H39N3O4S. The van der Waals surface area contributed by atoms with Crippen LogP contribution in [0.4, 0.5) is 5.69 Å². The maximum atomic E-state index is 14.0. The standard InChI is InChI=1S/C32H39N3O4S/c1-24-20-25(2)22-29(21-24)35(40(38,39)30-16-8-5-9-17-30)23-31(36)34(19-18-27-12-6-4-7-13-27)26(3)32(37)33-28-14-10-11-15-28/h4-9,12-13,16-17,20-22,26,28H,10-11,14-15,18-19,23H2,1-3H3,(H,33,37)/t26-/m0/s1. The van der Waals surface area contributed by atoms with Crippen molar-refractivity contribution in [2.24, 2.45) is 0 Å². The third-order valence-corrected chi connectivity index (χ3v) is 9.25. The fourth-order valence-corrected chi connectivity index (χ4v) is 6.72. The number of aryl methyl sites for hydroxylation is 2. The number of benzene rings is 3. The minimum Gasteiger partial charge on any atom is -0.352 e. The quantitative estimate of drug-likeness (QED) is 0.356. The minimum atomic E-state index is -4.06. The van der Waals surface area contributed by atoms with Gasteiger partial charge in [-0.3, -0.25) is 13.9 Å². The molecule has 40 heavy (non-hydrogen) atoms. The number of nitrogens with zero attached hydrogens (tertiary/aromatic N) is 2. The van der Waals surface area contributed by atoms with Gasteiger partial charge in [0.05, 0.1) is 10.6 Å². The van der Waals surface area contributed by atoms with Crippen LogP contribution in [0.15, 0.2) is 83.8 Å². The van der Waals surface area contributed by atoms with Crippen molar-refractivity contribution in [3.05, 3.63) is 95.6 Å². The van der Waals surface area contributed by atoms with Gasteiger partial charge in [0, 0.05) is 12.6 Å². The number of hydrogen-bond acceptors (Lipinski definition) is 4. The molecule has 1 aliphatic rings. The summed E-state index contributed by atoms with van der Waals surface area (Å²) in [5, 5.41) is 3.10. The molecule has 0 unspecified atom stereocenters. The van der Waals surface area contributed by atoms with E-state index in [0.29, 0.717) is 12.1 Å². The summed E-state index contributed by atoms with van der Waals surface area (Å²) in [5.74, 6) is -0.638. The van der Waals surface area contributed by atoms with Gasteiger partial charge in [-0.15, -0.1) is 0 Å². The van der Waals surface area contributed by atoms with Gasteiger partial charge in [-0.1, -0.05) is 67.4 Å². The Bertz CT molecular complexity index is 1380. The molecule has 1 atom stereocenters. The van der Waals surface area contributed by atoms with Crippen molar-refractivity contribution in [2.45, 2.75) is 69.9 Å². The van der Waals surface area contributed by atoms with Crippen molar-refractivity contribution in [3.8, 4) is 0 Å². The molecule has 4 rings (SSSR count). The van der Waals surface area contributed by atoms with Gasteiger partial charge in [0.25, 0.3) is 10.0 Å². The number of sulfonamides is 1. The van der Waals surface area contributed by atoms with Gasteiger partial charge < -0.3 is 10.2 Å². The molecule has 1 N–H and O–H groups in total. The summed E-state index contributed by atoms with van der Waals surface area (Å²) in [6.45, 7) is 5.38. The van der Waals surface area contributed by atoms with Crippen LogP contribution in [0.3, 0.4) is 0 Å². The number of carbonyl (C=O) groups is 2. The van der Waals surface area contributed by atoms with E-state index in [4.69, 9.17) is 0 Å². The Morgan fingerprint density at radius 2 is 1.48 bits per heavy atom. The SMILES string of the molecule is Cc1cc(C)cc(N(CC(=O)N(CCc2ccccc2)[C@@H](C)C(=O)NC2CCCC2)S(=O)(=O)c2ccccc2)c1. The summed E-state index contributed by atoms with van der Waals surface area (Å²) < 4.78 is 29.0. The smallest absolute Gasteiger partial charge is 0.264 e. The van der Waals surface area contributed by atoms with E-state index in [1.165, 1.54) is 21.3 Å². The number of carbonyl (C=O) groups excluding carboxylic acids is 2. The van der Waals surface area contributed by atoms with Crippen LogP contribution in [0.5, 0.6) is 0 Å². The molecule has 0 aromatic heterocycles. The van der Waals surface area contributed by atoms with Crippen LogP contribution in [0, 0.1) is 13.8 Å². The minimum absolute atomic E-state index is 0.102. The molecule has 1 aliphatic carbocycles. The first kappa shape index (κ1) is 29.3.